The van der Waals surface area contributed by atoms with Gasteiger partial charge in [0.15, 0.2) is 0 Å². The Morgan fingerprint density at radius 1 is 0.907 bits per heavy atom. The van der Waals surface area contributed by atoms with Crippen molar-refractivity contribution in [1.82, 2.24) is 10.2 Å². The molecule has 3 aromatic rings. The fraction of sp³-hybridized carbons (Fsp3) is 0.394. The van der Waals surface area contributed by atoms with Gasteiger partial charge < -0.3 is 10.2 Å². The minimum Gasteiger partial charge on any atom is -0.352 e. The van der Waals surface area contributed by atoms with Gasteiger partial charge in [0.1, 0.15) is 12.6 Å². The number of hydrogen-bond acceptors (Lipinski definition) is 4. The lowest BCUT2D eigenvalue weighted by Crippen LogP contribution is -2.54. The van der Waals surface area contributed by atoms with E-state index in [1.807, 2.05) is 45.0 Å². The monoisotopic (exact) mass is 643 g/mol. The summed E-state index contributed by atoms with van der Waals surface area (Å²) in [6.07, 6.45) is 5.46. The van der Waals surface area contributed by atoms with Crippen LogP contribution < -0.4 is 9.62 Å². The fourth-order valence-electron chi connectivity index (χ4n) is 5.48. The molecule has 7 nitrogen and oxygen atoms in total. The van der Waals surface area contributed by atoms with Crippen molar-refractivity contribution in [2.24, 2.45) is 0 Å². The summed E-state index contributed by atoms with van der Waals surface area (Å²) in [5, 5.41) is 3.58. The maximum atomic E-state index is 14.3. The number of rotatable bonds is 11. The Labute approximate surface area is 265 Å². The number of nitrogens with zero attached hydrogens (tertiary/aromatic N) is 2. The Kier molecular flexibility index (Phi) is 11.2. The van der Waals surface area contributed by atoms with E-state index in [0.29, 0.717) is 6.42 Å². The first kappa shape index (κ1) is 32.8. The third-order valence-electron chi connectivity index (χ3n) is 7.85. The smallest absolute Gasteiger partial charge is 0.264 e. The summed E-state index contributed by atoms with van der Waals surface area (Å²) in [5.41, 5.74) is 2.96. The molecule has 0 unspecified atom stereocenters. The molecule has 0 aliphatic heterocycles. The molecule has 3 aromatic carbocycles. The minimum absolute atomic E-state index is 0.0317. The Morgan fingerprint density at radius 3 is 2.23 bits per heavy atom. The molecular weight excluding hydrogens is 605 g/mol. The van der Waals surface area contributed by atoms with E-state index in [-0.39, 0.29) is 39.1 Å². The van der Waals surface area contributed by atoms with Crippen molar-refractivity contribution in [3.63, 3.8) is 0 Å². The number of nitrogens with one attached hydrogen (secondary N) is 1. The molecule has 0 radical (unpaired) electrons. The molecule has 10 heteroatoms. The number of sulfonamides is 1. The molecule has 0 saturated heterocycles. The normalized spacial score (nSPS) is 14.6. The summed E-state index contributed by atoms with van der Waals surface area (Å²) in [5.74, 6) is -0.730. The van der Waals surface area contributed by atoms with Crippen LogP contribution in [0.1, 0.15) is 62.1 Å². The lowest BCUT2D eigenvalue weighted by molar-refractivity contribution is -0.140. The topological polar surface area (TPSA) is 86.8 Å². The van der Waals surface area contributed by atoms with Gasteiger partial charge in [-0.25, -0.2) is 8.42 Å². The molecule has 0 bridgehead atoms. The molecule has 1 aliphatic carbocycles. The zero-order valence-corrected chi connectivity index (χ0v) is 27.2. The van der Waals surface area contributed by atoms with Crippen LogP contribution in [0.3, 0.4) is 0 Å². The van der Waals surface area contributed by atoms with Crippen LogP contribution in [-0.2, 0) is 26.2 Å². The van der Waals surface area contributed by atoms with Crippen LogP contribution in [0, 0.1) is 13.8 Å². The van der Waals surface area contributed by atoms with Crippen molar-refractivity contribution < 1.29 is 18.0 Å². The number of carbonyl (C=O) groups is 2. The molecule has 0 spiro atoms. The van der Waals surface area contributed by atoms with E-state index in [1.54, 1.807) is 12.1 Å². The molecule has 0 heterocycles. The zero-order chi connectivity index (χ0) is 31.1. The maximum Gasteiger partial charge on any atom is 0.264 e. The highest BCUT2D eigenvalue weighted by atomic mass is 35.5. The average Bonchev–Trinajstić information content (AvgIpc) is 2.98. The van der Waals surface area contributed by atoms with Crippen LogP contribution in [0.4, 0.5) is 5.69 Å². The summed E-state index contributed by atoms with van der Waals surface area (Å²) >= 11 is 12.5. The number of halogens is 2. The standard InChI is InChI=1S/C33H39Cl2N3O4S/c1-4-31(33(40)36-26-11-6-5-7-12-26)37(21-25-10-8-9-24(3)19-25)32(39)22-38(27-15-18-29(34)30(35)20-27)43(41,42)28-16-13-23(2)14-17-28/h8-10,13-20,26,31H,4-7,11-12,21-22H2,1-3H3,(H,36,40)/t31-/m0/s1. The largest absolute Gasteiger partial charge is 0.352 e. The third kappa shape index (κ3) is 8.31. The van der Waals surface area contributed by atoms with Gasteiger partial charge in [-0.1, -0.05) is 96.9 Å². The van der Waals surface area contributed by atoms with E-state index in [0.717, 1.165) is 53.1 Å². The number of benzene rings is 3. The van der Waals surface area contributed by atoms with Crippen LogP contribution >= 0.6 is 23.2 Å². The van der Waals surface area contributed by atoms with Crippen molar-refractivity contribution in [1.29, 1.82) is 0 Å². The van der Waals surface area contributed by atoms with Gasteiger partial charge in [0.05, 0.1) is 20.6 Å². The second-order valence-corrected chi connectivity index (χ2v) is 13.9. The Bertz CT molecular complexity index is 1540. The molecule has 43 heavy (non-hydrogen) atoms. The lowest BCUT2D eigenvalue weighted by atomic mass is 9.95. The molecular formula is C33H39Cl2N3O4S. The first-order chi connectivity index (χ1) is 20.5. The number of hydrogen-bond donors (Lipinski definition) is 1. The minimum atomic E-state index is -4.20. The van der Waals surface area contributed by atoms with Crippen molar-refractivity contribution in [3.05, 3.63) is 93.5 Å². The number of anilines is 1. The van der Waals surface area contributed by atoms with Crippen LogP contribution in [0.25, 0.3) is 0 Å². The lowest BCUT2D eigenvalue weighted by Gasteiger charge is -2.34. The molecule has 4 rings (SSSR count). The first-order valence-corrected chi connectivity index (χ1v) is 16.9. The molecule has 1 aliphatic rings. The van der Waals surface area contributed by atoms with E-state index in [1.165, 1.54) is 35.2 Å². The van der Waals surface area contributed by atoms with Gasteiger partial charge in [-0.3, -0.25) is 13.9 Å². The van der Waals surface area contributed by atoms with Crippen molar-refractivity contribution >= 4 is 50.7 Å². The van der Waals surface area contributed by atoms with E-state index < -0.39 is 28.5 Å². The summed E-state index contributed by atoms with van der Waals surface area (Å²) in [6, 6.07) is 17.9. The predicted molar refractivity (Wildman–Crippen MR) is 173 cm³/mol. The molecule has 0 aromatic heterocycles. The van der Waals surface area contributed by atoms with Gasteiger partial charge in [-0.05, 0) is 69.0 Å². The number of amides is 2. The van der Waals surface area contributed by atoms with Crippen LogP contribution in [0.15, 0.2) is 71.6 Å². The Hall–Kier alpha value is -3.07. The van der Waals surface area contributed by atoms with E-state index in [2.05, 4.69) is 5.32 Å². The van der Waals surface area contributed by atoms with Gasteiger partial charge in [-0.2, -0.15) is 0 Å². The van der Waals surface area contributed by atoms with Crippen LogP contribution in [0.2, 0.25) is 10.0 Å². The van der Waals surface area contributed by atoms with Gasteiger partial charge in [0.2, 0.25) is 11.8 Å². The van der Waals surface area contributed by atoms with Crippen molar-refractivity contribution in [2.75, 3.05) is 10.8 Å². The average molecular weight is 645 g/mol. The number of aryl methyl sites for hydroxylation is 2. The molecule has 1 saturated carbocycles. The zero-order valence-electron chi connectivity index (χ0n) is 24.9. The second-order valence-electron chi connectivity index (χ2n) is 11.2. The van der Waals surface area contributed by atoms with E-state index in [4.69, 9.17) is 23.2 Å². The maximum absolute atomic E-state index is 14.3. The predicted octanol–water partition coefficient (Wildman–Crippen LogP) is 7.06. The van der Waals surface area contributed by atoms with Gasteiger partial charge in [0.25, 0.3) is 10.0 Å². The highest BCUT2D eigenvalue weighted by molar-refractivity contribution is 7.92. The highest BCUT2D eigenvalue weighted by Gasteiger charge is 2.34. The van der Waals surface area contributed by atoms with Gasteiger partial charge >= 0.3 is 0 Å². The summed E-state index contributed by atoms with van der Waals surface area (Å²) in [6.45, 7) is 5.30. The fourth-order valence-corrected chi connectivity index (χ4v) is 7.18. The van der Waals surface area contributed by atoms with E-state index >= 15 is 0 Å². The summed E-state index contributed by atoms with van der Waals surface area (Å²) in [7, 11) is -4.20. The highest BCUT2D eigenvalue weighted by Crippen LogP contribution is 2.31. The quantitative estimate of drug-likeness (QED) is 0.242. The molecule has 1 atom stereocenters. The molecule has 230 valence electrons. The van der Waals surface area contributed by atoms with Crippen LogP contribution in [0.5, 0.6) is 0 Å². The van der Waals surface area contributed by atoms with Crippen molar-refractivity contribution in [3.8, 4) is 0 Å². The van der Waals surface area contributed by atoms with E-state index in [9.17, 15) is 18.0 Å². The first-order valence-electron chi connectivity index (χ1n) is 14.7. The Balaban J connectivity index is 1.72. The van der Waals surface area contributed by atoms with Crippen molar-refractivity contribution in [2.45, 2.75) is 82.8 Å². The number of carbonyl (C=O) groups excluding carboxylic acids is 2. The molecule has 1 N–H and O–H groups in total. The van der Waals surface area contributed by atoms with Gasteiger partial charge in [0, 0.05) is 12.6 Å². The third-order valence-corrected chi connectivity index (χ3v) is 10.4. The second kappa shape index (κ2) is 14.6. The van der Waals surface area contributed by atoms with Gasteiger partial charge in [-0.15, -0.1) is 0 Å². The SMILES string of the molecule is CC[C@@H](C(=O)NC1CCCCC1)N(Cc1cccc(C)c1)C(=O)CN(c1ccc(Cl)c(Cl)c1)S(=O)(=O)c1ccc(C)cc1. The van der Waals surface area contributed by atoms with Crippen LogP contribution in [-0.4, -0.2) is 43.8 Å². The summed E-state index contributed by atoms with van der Waals surface area (Å²) in [4.78, 5) is 29.5. The summed E-state index contributed by atoms with van der Waals surface area (Å²) < 4.78 is 29.1. The Morgan fingerprint density at radius 2 is 1.60 bits per heavy atom. The molecule has 1 fully saturated rings. The molecule has 2 amide bonds.